The smallest absolute Gasteiger partial charge is 0.206 e. The predicted molar refractivity (Wildman–Crippen MR) is 123 cm³/mol. The highest BCUT2D eigenvalue weighted by Gasteiger charge is 2.28. The van der Waals surface area contributed by atoms with E-state index in [9.17, 15) is 5.11 Å². The van der Waals surface area contributed by atoms with E-state index in [4.69, 9.17) is 0 Å². The summed E-state index contributed by atoms with van der Waals surface area (Å²) in [5.74, 6) is 2.69. The van der Waals surface area contributed by atoms with Gasteiger partial charge in [-0.15, -0.1) is 10.2 Å². The minimum Gasteiger partial charge on any atom is -0.507 e. The van der Waals surface area contributed by atoms with Gasteiger partial charge < -0.3 is 5.11 Å². The standard InChI is InChI=1S/C22H35N3OS2/c1-10-14(3)19-23-24-20(28-27-11-2)25(19)15-12-16(21(4,5)6)18(26)17(13-15)22(7,8)9/h12-14,26H,10-11H2,1-9H3. The van der Waals surface area contributed by atoms with Crippen LogP contribution in [0.1, 0.15) is 91.6 Å². The van der Waals surface area contributed by atoms with Gasteiger partial charge in [0.1, 0.15) is 11.6 Å². The highest BCUT2D eigenvalue weighted by molar-refractivity contribution is 8.76. The SMILES string of the molecule is CCSSc1nnc(C(C)CC)n1-c1cc(C(C)(C)C)c(O)c(C(C)(C)C)c1. The molecule has 4 nitrogen and oxygen atoms in total. The summed E-state index contributed by atoms with van der Waals surface area (Å²) in [5, 5.41) is 21.0. The first kappa shape index (κ1) is 23.1. The summed E-state index contributed by atoms with van der Waals surface area (Å²) in [4.78, 5) is 0. The molecule has 1 heterocycles. The lowest BCUT2D eigenvalue weighted by Crippen LogP contribution is -2.19. The fourth-order valence-corrected chi connectivity index (χ4v) is 4.65. The van der Waals surface area contributed by atoms with Gasteiger partial charge >= 0.3 is 0 Å². The molecule has 1 N–H and O–H groups in total. The van der Waals surface area contributed by atoms with Gasteiger partial charge in [-0.25, -0.2) is 0 Å². The Bertz CT molecular complexity index is 781. The second-order valence-corrected chi connectivity index (χ2v) is 11.9. The van der Waals surface area contributed by atoms with E-state index in [0.29, 0.717) is 11.7 Å². The number of phenolic OH excluding ortho intramolecular Hbond substituents is 1. The monoisotopic (exact) mass is 421 g/mol. The quantitative estimate of drug-likeness (QED) is 0.517. The molecule has 0 aliphatic rings. The second kappa shape index (κ2) is 8.70. The van der Waals surface area contributed by atoms with Crippen molar-refractivity contribution in [3.05, 3.63) is 29.1 Å². The number of rotatable bonds is 6. The second-order valence-electron chi connectivity index (χ2n) is 9.36. The largest absolute Gasteiger partial charge is 0.507 e. The molecule has 28 heavy (non-hydrogen) atoms. The zero-order valence-corrected chi connectivity index (χ0v) is 20.4. The molecule has 1 unspecified atom stereocenters. The Balaban J connectivity index is 2.81. The van der Waals surface area contributed by atoms with Crippen molar-refractivity contribution < 1.29 is 5.11 Å². The average Bonchev–Trinajstić information content (AvgIpc) is 3.01. The molecule has 0 fully saturated rings. The van der Waals surface area contributed by atoms with Gasteiger partial charge in [-0.05, 0) is 40.2 Å². The maximum absolute atomic E-state index is 11.1. The molecule has 0 saturated carbocycles. The first-order valence-electron chi connectivity index (χ1n) is 10.0. The third-order valence-corrected chi connectivity index (χ3v) is 7.21. The fraction of sp³-hybridized carbons (Fsp3) is 0.636. The Morgan fingerprint density at radius 3 is 1.96 bits per heavy atom. The van der Waals surface area contributed by atoms with Crippen LogP contribution in [0.3, 0.4) is 0 Å². The summed E-state index contributed by atoms with van der Waals surface area (Å²) < 4.78 is 2.19. The highest BCUT2D eigenvalue weighted by Crippen LogP contribution is 2.42. The van der Waals surface area contributed by atoms with Gasteiger partial charge in [-0.3, -0.25) is 4.57 Å². The Labute approximate surface area is 178 Å². The molecule has 0 amide bonds. The molecule has 0 spiro atoms. The minimum atomic E-state index is -0.171. The molecular weight excluding hydrogens is 386 g/mol. The van der Waals surface area contributed by atoms with Crippen molar-refractivity contribution in [3.8, 4) is 11.4 Å². The predicted octanol–water partition coefficient (Wildman–Crippen LogP) is 6.84. The molecular formula is C22H35N3OS2. The van der Waals surface area contributed by atoms with Crippen LogP contribution in [0, 0.1) is 0 Å². The summed E-state index contributed by atoms with van der Waals surface area (Å²) in [5.41, 5.74) is 2.61. The molecule has 0 aliphatic heterocycles. The Morgan fingerprint density at radius 1 is 1.00 bits per heavy atom. The number of aromatic hydroxyl groups is 1. The Morgan fingerprint density at radius 2 is 1.54 bits per heavy atom. The maximum atomic E-state index is 11.1. The third kappa shape index (κ3) is 4.88. The summed E-state index contributed by atoms with van der Waals surface area (Å²) in [6.07, 6.45) is 1.00. The average molecular weight is 422 g/mol. The minimum absolute atomic E-state index is 0.171. The summed E-state index contributed by atoms with van der Waals surface area (Å²) in [6.45, 7) is 19.4. The van der Waals surface area contributed by atoms with Crippen LogP contribution in [0.2, 0.25) is 0 Å². The van der Waals surface area contributed by atoms with Crippen LogP contribution in [-0.4, -0.2) is 25.6 Å². The van der Waals surface area contributed by atoms with Crippen molar-refractivity contribution in [1.29, 1.82) is 0 Å². The number of hydrogen-bond donors (Lipinski definition) is 1. The van der Waals surface area contributed by atoms with Gasteiger partial charge in [0.25, 0.3) is 0 Å². The number of hydrogen-bond acceptors (Lipinski definition) is 5. The van der Waals surface area contributed by atoms with Gasteiger partial charge in [0.2, 0.25) is 5.16 Å². The lowest BCUT2D eigenvalue weighted by molar-refractivity contribution is 0.423. The Kier molecular flexibility index (Phi) is 7.19. The van der Waals surface area contributed by atoms with Crippen molar-refractivity contribution in [2.24, 2.45) is 0 Å². The van der Waals surface area contributed by atoms with Crippen molar-refractivity contribution in [2.75, 3.05) is 5.75 Å². The van der Waals surface area contributed by atoms with E-state index in [1.807, 2.05) is 0 Å². The lowest BCUT2D eigenvalue weighted by Gasteiger charge is -2.29. The van der Waals surface area contributed by atoms with Crippen LogP contribution in [0.5, 0.6) is 5.75 Å². The first-order chi connectivity index (χ1) is 12.9. The van der Waals surface area contributed by atoms with Crippen LogP contribution < -0.4 is 0 Å². The van der Waals surface area contributed by atoms with E-state index >= 15 is 0 Å². The number of nitrogens with zero attached hydrogens (tertiary/aromatic N) is 3. The van der Waals surface area contributed by atoms with Crippen LogP contribution in [0.4, 0.5) is 0 Å². The normalized spacial score (nSPS) is 13.8. The molecule has 0 bridgehead atoms. The lowest BCUT2D eigenvalue weighted by atomic mass is 9.79. The molecule has 156 valence electrons. The van der Waals surface area contributed by atoms with Gasteiger partial charge in [0.05, 0.1) is 5.69 Å². The maximum Gasteiger partial charge on any atom is 0.206 e. The molecule has 0 saturated heterocycles. The van der Waals surface area contributed by atoms with E-state index in [1.54, 1.807) is 21.6 Å². The zero-order valence-electron chi connectivity index (χ0n) is 18.8. The molecule has 1 aromatic heterocycles. The topological polar surface area (TPSA) is 50.9 Å². The van der Waals surface area contributed by atoms with Crippen LogP contribution >= 0.6 is 21.6 Å². The van der Waals surface area contributed by atoms with Gasteiger partial charge in [-0.2, -0.15) is 0 Å². The molecule has 1 atom stereocenters. The van der Waals surface area contributed by atoms with Gasteiger partial charge in [0.15, 0.2) is 0 Å². The van der Waals surface area contributed by atoms with Crippen LogP contribution in [0.15, 0.2) is 17.3 Å². The molecule has 1 aromatic carbocycles. The van der Waals surface area contributed by atoms with Crippen molar-refractivity contribution in [3.63, 3.8) is 0 Å². The van der Waals surface area contributed by atoms with Gasteiger partial charge in [0, 0.05) is 22.8 Å². The summed E-state index contributed by atoms with van der Waals surface area (Å²) in [6, 6.07) is 4.22. The van der Waals surface area contributed by atoms with E-state index < -0.39 is 0 Å². The number of benzene rings is 1. The van der Waals surface area contributed by atoms with E-state index in [-0.39, 0.29) is 10.8 Å². The summed E-state index contributed by atoms with van der Waals surface area (Å²) in [7, 11) is 3.43. The van der Waals surface area contributed by atoms with Crippen LogP contribution in [-0.2, 0) is 10.8 Å². The highest BCUT2D eigenvalue weighted by atomic mass is 33.1. The molecule has 2 aromatic rings. The zero-order chi connectivity index (χ0) is 21.3. The summed E-state index contributed by atoms with van der Waals surface area (Å²) >= 11 is 0. The van der Waals surface area contributed by atoms with E-state index in [1.165, 1.54) is 0 Å². The van der Waals surface area contributed by atoms with Crippen LogP contribution in [0.25, 0.3) is 5.69 Å². The first-order valence-corrected chi connectivity index (χ1v) is 12.4. The Hall–Kier alpha value is -1.14. The van der Waals surface area contributed by atoms with E-state index in [0.717, 1.165) is 40.0 Å². The molecule has 0 aliphatic carbocycles. The molecule has 0 radical (unpaired) electrons. The number of aromatic nitrogens is 3. The van der Waals surface area contributed by atoms with Gasteiger partial charge in [-0.1, -0.05) is 73.1 Å². The third-order valence-electron chi connectivity index (χ3n) is 4.93. The van der Waals surface area contributed by atoms with E-state index in [2.05, 4.69) is 89.2 Å². The van der Waals surface area contributed by atoms with Crippen molar-refractivity contribution in [2.45, 2.75) is 90.6 Å². The van der Waals surface area contributed by atoms with Crippen molar-refractivity contribution in [1.82, 2.24) is 14.8 Å². The molecule has 2 rings (SSSR count). The fourth-order valence-electron chi connectivity index (χ4n) is 3.08. The number of phenols is 1. The molecule has 6 heteroatoms. The van der Waals surface area contributed by atoms with Crippen molar-refractivity contribution >= 4 is 21.6 Å².